The summed E-state index contributed by atoms with van der Waals surface area (Å²) >= 11 is 0. The van der Waals surface area contributed by atoms with E-state index in [1.807, 2.05) is 0 Å². The average molecular weight is 225 g/mol. The van der Waals surface area contributed by atoms with Gasteiger partial charge >= 0.3 is 0 Å². The van der Waals surface area contributed by atoms with Crippen LogP contribution in [0.3, 0.4) is 0 Å². The molecule has 4 heteroatoms. The van der Waals surface area contributed by atoms with E-state index in [2.05, 4.69) is 13.8 Å². The molecule has 0 radical (unpaired) electrons. The SMILES string of the molecule is CC(C)C1=C(CCCO)COC(C(N)=O)=C1. The van der Waals surface area contributed by atoms with Gasteiger partial charge < -0.3 is 15.6 Å². The van der Waals surface area contributed by atoms with Gasteiger partial charge in [-0.05, 0) is 36.0 Å². The fourth-order valence-corrected chi connectivity index (χ4v) is 1.76. The molecular formula is C12H19NO3. The minimum absolute atomic E-state index is 0.168. The quantitative estimate of drug-likeness (QED) is 0.736. The zero-order valence-electron chi connectivity index (χ0n) is 9.82. The summed E-state index contributed by atoms with van der Waals surface area (Å²) in [7, 11) is 0. The average Bonchev–Trinajstić information content (AvgIpc) is 2.25. The minimum Gasteiger partial charge on any atom is -0.483 e. The Morgan fingerprint density at radius 1 is 1.62 bits per heavy atom. The number of carbonyl (C=O) groups excluding carboxylic acids is 1. The second kappa shape index (κ2) is 5.70. The molecule has 16 heavy (non-hydrogen) atoms. The maximum absolute atomic E-state index is 11.0. The normalized spacial score (nSPS) is 16.1. The number of aliphatic hydroxyl groups excluding tert-OH is 1. The van der Waals surface area contributed by atoms with E-state index in [0.29, 0.717) is 18.9 Å². The van der Waals surface area contributed by atoms with Crippen molar-refractivity contribution in [3.8, 4) is 0 Å². The van der Waals surface area contributed by atoms with Gasteiger partial charge in [0.2, 0.25) is 0 Å². The molecule has 4 nitrogen and oxygen atoms in total. The number of rotatable bonds is 5. The molecule has 0 saturated heterocycles. The van der Waals surface area contributed by atoms with Crippen molar-refractivity contribution in [1.82, 2.24) is 0 Å². The first kappa shape index (κ1) is 12.8. The standard InChI is InChI=1S/C12H19NO3/c1-8(2)10-6-11(12(13)15)16-7-9(10)4-3-5-14/h6,8,14H,3-5,7H2,1-2H3,(H2,13,15). The van der Waals surface area contributed by atoms with Crippen LogP contribution in [0, 0.1) is 5.92 Å². The van der Waals surface area contributed by atoms with E-state index in [9.17, 15) is 4.79 Å². The predicted molar refractivity (Wildman–Crippen MR) is 61.4 cm³/mol. The summed E-state index contributed by atoms with van der Waals surface area (Å²) < 4.78 is 5.28. The Kier molecular flexibility index (Phi) is 4.55. The van der Waals surface area contributed by atoms with Gasteiger partial charge in [0.25, 0.3) is 5.91 Å². The van der Waals surface area contributed by atoms with Gasteiger partial charge in [-0.15, -0.1) is 0 Å². The zero-order chi connectivity index (χ0) is 12.1. The first-order valence-electron chi connectivity index (χ1n) is 5.53. The van der Waals surface area contributed by atoms with Gasteiger partial charge in [0.15, 0.2) is 5.76 Å². The van der Waals surface area contributed by atoms with Crippen molar-refractivity contribution in [1.29, 1.82) is 0 Å². The molecule has 3 N–H and O–H groups in total. The van der Waals surface area contributed by atoms with Crippen molar-refractivity contribution in [3.05, 3.63) is 23.0 Å². The summed E-state index contributed by atoms with van der Waals surface area (Å²) in [6, 6.07) is 0. The van der Waals surface area contributed by atoms with Gasteiger partial charge in [-0.3, -0.25) is 4.79 Å². The van der Waals surface area contributed by atoms with Gasteiger partial charge in [0, 0.05) is 6.61 Å². The lowest BCUT2D eigenvalue weighted by atomic mass is 9.93. The fourth-order valence-electron chi connectivity index (χ4n) is 1.76. The number of hydrogen-bond acceptors (Lipinski definition) is 3. The molecule has 0 atom stereocenters. The molecule has 1 rings (SSSR count). The molecule has 1 amide bonds. The molecule has 90 valence electrons. The molecule has 0 bridgehead atoms. The second-order valence-electron chi connectivity index (χ2n) is 4.20. The monoisotopic (exact) mass is 225 g/mol. The van der Waals surface area contributed by atoms with Crippen LogP contribution in [-0.2, 0) is 9.53 Å². The smallest absolute Gasteiger partial charge is 0.283 e. The number of aliphatic hydroxyl groups is 1. The van der Waals surface area contributed by atoms with Crippen LogP contribution in [0.4, 0.5) is 0 Å². The Labute approximate surface area is 95.8 Å². The Hall–Kier alpha value is -1.29. The number of allylic oxidation sites excluding steroid dienone is 2. The van der Waals surface area contributed by atoms with Crippen molar-refractivity contribution in [2.75, 3.05) is 13.2 Å². The first-order valence-corrected chi connectivity index (χ1v) is 5.53. The van der Waals surface area contributed by atoms with Crippen LogP contribution < -0.4 is 5.73 Å². The van der Waals surface area contributed by atoms with Crippen molar-refractivity contribution in [2.24, 2.45) is 11.7 Å². The van der Waals surface area contributed by atoms with Crippen LogP contribution in [0.1, 0.15) is 26.7 Å². The second-order valence-corrected chi connectivity index (χ2v) is 4.20. The molecule has 0 aromatic heterocycles. The number of ether oxygens (including phenoxy) is 1. The molecule has 0 saturated carbocycles. The van der Waals surface area contributed by atoms with Crippen molar-refractivity contribution < 1.29 is 14.6 Å². The van der Waals surface area contributed by atoms with E-state index >= 15 is 0 Å². The Balaban J connectivity index is 2.91. The van der Waals surface area contributed by atoms with Gasteiger partial charge in [0.05, 0.1) is 0 Å². The summed E-state index contributed by atoms with van der Waals surface area (Å²) in [4.78, 5) is 11.0. The molecule has 0 aromatic rings. The van der Waals surface area contributed by atoms with Crippen LogP contribution >= 0.6 is 0 Å². The highest BCUT2D eigenvalue weighted by Gasteiger charge is 2.19. The molecule has 0 fully saturated rings. The molecule has 0 unspecified atom stereocenters. The number of primary amides is 1. The van der Waals surface area contributed by atoms with E-state index in [4.69, 9.17) is 15.6 Å². The van der Waals surface area contributed by atoms with Crippen LogP contribution in [-0.4, -0.2) is 24.2 Å². The molecule has 1 aliphatic heterocycles. The third-order valence-corrected chi connectivity index (χ3v) is 2.60. The fraction of sp³-hybridized carbons (Fsp3) is 0.583. The number of carbonyl (C=O) groups is 1. The third-order valence-electron chi connectivity index (χ3n) is 2.60. The van der Waals surface area contributed by atoms with Gasteiger partial charge in [0.1, 0.15) is 6.61 Å². The van der Waals surface area contributed by atoms with E-state index in [-0.39, 0.29) is 12.4 Å². The van der Waals surface area contributed by atoms with Crippen molar-refractivity contribution >= 4 is 5.91 Å². The molecular weight excluding hydrogens is 206 g/mol. The van der Waals surface area contributed by atoms with E-state index in [1.165, 1.54) is 0 Å². The third kappa shape index (κ3) is 3.10. The summed E-state index contributed by atoms with van der Waals surface area (Å²) in [5.41, 5.74) is 7.43. The van der Waals surface area contributed by atoms with Gasteiger partial charge in [-0.1, -0.05) is 13.8 Å². The summed E-state index contributed by atoms with van der Waals surface area (Å²) in [6.07, 6.45) is 3.24. The van der Waals surface area contributed by atoms with Crippen molar-refractivity contribution in [2.45, 2.75) is 26.7 Å². The first-order chi connectivity index (χ1) is 7.56. The lowest BCUT2D eigenvalue weighted by Crippen LogP contribution is -2.21. The lowest BCUT2D eigenvalue weighted by Gasteiger charge is -2.22. The number of amides is 1. The van der Waals surface area contributed by atoms with E-state index < -0.39 is 5.91 Å². The topological polar surface area (TPSA) is 72.6 Å². The van der Waals surface area contributed by atoms with Crippen LogP contribution in [0.25, 0.3) is 0 Å². The number of nitrogens with two attached hydrogens (primary N) is 1. The van der Waals surface area contributed by atoms with Crippen LogP contribution in [0.15, 0.2) is 23.0 Å². The molecule has 1 heterocycles. The van der Waals surface area contributed by atoms with Gasteiger partial charge in [-0.2, -0.15) is 0 Å². The zero-order valence-corrected chi connectivity index (χ0v) is 9.82. The Bertz CT molecular complexity index is 329. The summed E-state index contributed by atoms with van der Waals surface area (Å²) in [5, 5.41) is 8.81. The largest absolute Gasteiger partial charge is 0.483 e. The van der Waals surface area contributed by atoms with E-state index in [0.717, 1.165) is 17.6 Å². The molecule has 1 aliphatic rings. The maximum Gasteiger partial charge on any atom is 0.283 e. The maximum atomic E-state index is 11.0. The molecule has 0 spiro atoms. The minimum atomic E-state index is -0.528. The van der Waals surface area contributed by atoms with Crippen molar-refractivity contribution in [3.63, 3.8) is 0 Å². The van der Waals surface area contributed by atoms with Crippen LogP contribution in [0.5, 0.6) is 0 Å². The number of hydrogen-bond donors (Lipinski definition) is 2. The van der Waals surface area contributed by atoms with E-state index in [1.54, 1.807) is 6.08 Å². The highest BCUT2D eigenvalue weighted by molar-refractivity contribution is 5.90. The Morgan fingerprint density at radius 3 is 2.81 bits per heavy atom. The van der Waals surface area contributed by atoms with Crippen LogP contribution in [0.2, 0.25) is 0 Å². The summed E-state index contributed by atoms with van der Waals surface area (Å²) in [5.74, 6) is 0.0303. The molecule has 0 aliphatic carbocycles. The summed E-state index contributed by atoms with van der Waals surface area (Å²) in [6.45, 7) is 4.70. The highest BCUT2D eigenvalue weighted by Crippen LogP contribution is 2.26. The molecule has 0 aromatic carbocycles. The Morgan fingerprint density at radius 2 is 2.31 bits per heavy atom. The predicted octanol–water partition coefficient (Wildman–Crippen LogP) is 1.11. The lowest BCUT2D eigenvalue weighted by molar-refractivity contribution is -0.117. The highest BCUT2D eigenvalue weighted by atomic mass is 16.5. The van der Waals surface area contributed by atoms with Gasteiger partial charge in [-0.25, -0.2) is 0 Å².